The zero-order valence-corrected chi connectivity index (χ0v) is 9.99. The lowest BCUT2D eigenvalue weighted by Crippen LogP contribution is -2.28. The van der Waals surface area contributed by atoms with E-state index in [4.69, 9.17) is 5.26 Å². The molecule has 1 aliphatic heterocycles. The molecule has 1 aromatic carbocycles. The van der Waals surface area contributed by atoms with Crippen LogP contribution in [-0.4, -0.2) is 38.1 Å². The van der Waals surface area contributed by atoms with E-state index in [0.29, 0.717) is 0 Å². The fourth-order valence-corrected chi connectivity index (χ4v) is 2.10. The average molecular weight is 233 g/mol. The molecule has 0 aromatic heterocycles. The van der Waals surface area contributed by atoms with Crippen LogP contribution < -0.4 is 4.90 Å². The highest BCUT2D eigenvalue weighted by atomic mass is 19.1. The summed E-state index contributed by atoms with van der Waals surface area (Å²) in [6.45, 7) is 3.91. The molecule has 2 rings (SSSR count). The van der Waals surface area contributed by atoms with E-state index in [1.54, 1.807) is 6.07 Å². The number of rotatable bonds is 1. The van der Waals surface area contributed by atoms with Crippen LogP contribution in [0.25, 0.3) is 0 Å². The molecule has 0 aliphatic carbocycles. The van der Waals surface area contributed by atoms with Crippen LogP contribution in [0.5, 0.6) is 0 Å². The van der Waals surface area contributed by atoms with E-state index in [2.05, 4.69) is 16.8 Å². The smallest absolute Gasteiger partial charge is 0.143 e. The van der Waals surface area contributed by atoms with E-state index < -0.39 is 5.82 Å². The molecular weight excluding hydrogens is 217 g/mol. The Morgan fingerprint density at radius 1 is 1.24 bits per heavy atom. The van der Waals surface area contributed by atoms with Gasteiger partial charge in [0.05, 0.1) is 5.56 Å². The fraction of sp³-hybridized carbons (Fsp3) is 0.462. The van der Waals surface area contributed by atoms with Crippen molar-refractivity contribution in [2.75, 3.05) is 38.1 Å². The lowest BCUT2D eigenvalue weighted by molar-refractivity contribution is 0.360. The summed E-state index contributed by atoms with van der Waals surface area (Å²) in [4.78, 5) is 4.45. The van der Waals surface area contributed by atoms with Gasteiger partial charge in [0.25, 0.3) is 0 Å². The Hall–Kier alpha value is -1.60. The number of hydrogen-bond acceptors (Lipinski definition) is 3. The number of halogens is 1. The van der Waals surface area contributed by atoms with Crippen molar-refractivity contribution in [3.8, 4) is 6.07 Å². The summed E-state index contributed by atoms with van der Waals surface area (Å²) in [5, 5.41) is 8.69. The molecule has 90 valence electrons. The van der Waals surface area contributed by atoms with E-state index in [1.807, 2.05) is 12.1 Å². The number of hydrogen-bond donors (Lipinski definition) is 0. The van der Waals surface area contributed by atoms with Gasteiger partial charge in [0.1, 0.15) is 11.9 Å². The van der Waals surface area contributed by atoms with Gasteiger partial charge in [0.2, 0.25) is 0 Å². The monoisotopic (exact) mass is 233 g/mol. The molecule has 0 bridgehead atoms. The third-order valence-corrected chi connectivity index (χ3v) is 3.16. The molecule has 0 amide bonds. The minimum absolute atomic E-state index is 0.112. The Balaban J connectivity index is 2.17. The summed E-state index contributed by atoms with van der Waals surface area (Å²) < 4.78 is 13.5. The molecular formula is C13H16FN3. The van der Waals surface area contributed by atoms with Crippen molar-refractivity contribution >= 4 is 5.69 Å². The Bertz CT molecular complexity index is 439. The van der Waals surface area contributed by atoms with Gasteiger partial charge in [-0.3, -0.25) is 0 Å². The second-order valence-electron chi connectivity index (χ2n) is 4.42. The van der Waals surface area contributed by atoms with Crippen molar-refractivity contribution < 1.29 is 4.39 Å². The second-order valence-corrected chi connectivity index (χ2v) is 4.42. The molecule has 0 spiro atoms. The molecule has 1 heterocycles. The third-order valence-electron chi connectivity index (χ3n) is 3.16. The predicted octanol–water partition coefficient (Wildman–Crippen LogP) is 1.84. The second kappa shape index (κ2) is 5.15. The summed E-state index contributed by atoms with van der Waals surface area (Å²) in [6, 6.07) is 6.69. The Morgan fingerprint density at radius 2 is 2.06 bits per heavy atom. The topological polar surface area (TPSA) is 30.3 Å². The van der Waals surface area contributed by atoms with E-state index in [1.165, 1.54) is 6.07 Å². The van der Waals surface area contributed by atoms with Gasteiger partial charge in [-0.2, -0.15) is 5.26 Å². The van der Waals surface area contributed by atoms with E-state index >= 15 is 0 Å². The highest BCUT2D eigenvalue weighted by Crippen LogP contribution is 2.19. The van der Waals surface area contributed by atoms with Crippen LogP contribution >= 0.6 is 0 Å². The first-order chi connectivity index (χ1) is 8.20. The average Bonchev–Trinajstić information content (AvgIpc) is 2.54. The number of nitriles is 1. The number of anilines is 1. The van der Waals surface area contributed by atoms with Gasteiger partial charge < -0.3 is 9.80 Å². The molecule has 1 saturated heterocycles. The van der Waals surface area contributed by atoms with Crippen LogP contribution in [0.2, 0.25) is 0 Å². The molecule has 3 nitrogen and oxygen atoms in total. The van der Waals surface area contributed by atoms with Gasteiger partial charge in [-0.25, -0.2) is 4.39 Å². The van der Waals surface area contributed by atoms with E-state index in [0.717, 1.165) is 38.3 Å². The molecule has 0 radical (unpaired) electrons. The number of benzene rings is 1. The van der Waals surface area contributed by atoms with Crippen molar-refractivity contribution in [2.45, 2.75) is 6.42 Å². The van der Waals surface area contributed by atoms with Crippen LogP contribution in [0.15, 0.2) is 18.2 Å². The molecule has 1 aliphatic rings. The van der Waals surface area contributed by atoms with Crippen LogP contribution in [0.1, 0.15) is 12.0 Å². The van der Waals surface area contributed by atoms with Crippen molar-refractivity contribution in [3.05, 3.63) is 29.6 Å². The highest BCUT2D eigenvalue weighted by molar-refractivity contribution is 5.50. The van der Waals surface area contributed by atoms with Crippen LogP contribution in [-0.2, 0) is 0 Å². The van der Waals surface area contributed by atoms with Gasteiger partial charge in [-0.1, -0.05) is 0 Å². The molecule has 17 heavy (non-hydrogen) atoms. The Kier molecular flexibility index (Phi) is 3.60. The van der Waals surface area contributed by atoms with E-state index in [9.17, 15) is 4.39 Å². The van der Waals surface area contributed by atoms with Gasteiger partial charge in [-0.15, -0.1) is 0 Å². The maximum absolute atomic E-state index is 13.5. The van der Waals surface area contributed by atoms with Gasteiger partial charge >= 0.3 is 0 Å². The van der Waals surface area contributed by atoms with Crippen LogP contribution in [0.4, 0.5) is 10.1 Å². The summed E-state index contributed by atoms with van der Waals surface area (Å²) in [5.74, 6) is -0.428. The maximum Gasteiger partial charge on any atom is 0.143 e. The minimum atomic E-state index is -0.428. The van der Waals surface area contributed by atoms with Crippen molar-refractivity contribution in [1.29, 1.82) is 5.26 Å². The van der Waals surface area contributed by atoms with Gasteiger partial charge in [0, 0.05) is 25.3 Å². The first-order valence-electron chi connectivity index (χ1n) is 5.84. The summed E-state index contributed by atoms with van der Waals surface area (Å²) >= 11 is 0. The van der Waals surface area contributed by atoms with E-state index in [-0.39, 0.29) is 5.56 Å². The minimum Gasteiger partial charge on any atom is -0.370 e. The first-order valence-corrected chi connectivity index (χ1v) is 5.84. The largest absolute Gasteiger partial charge is 0.370 e. The lowest BCUT2D eigenvalue weighted by atomic mass is 10.2. The standard InChI is InChI=1S/C13H16FN3/c1-16-5-2-6-17(8-7-16)12-4-3-11(10-15)13(14)9-12/h3-4,9H,2,5-8H2,1H3. The normalized spacial score (nSPS) is 17.6. The lowest BCUT2D eigenvalue weighted by Gasteiger charge is -2.22. The Morgan fingerprint density at radius 3 is 2.76 bits per heavy atom. The van der Waals surface area contributed by atoms with Crippen molar-refractivity contribution in [2.24, 2.45) is 0 Å². The van der Waals surface area contributed by atoms with Crippen LogP contribution in [0, 0.1) is 17.1 Å². The summed E-state index contributed by atoms with van der Waals surface area (Å²) in [6.07, 6.45) is 1.08. The molecule has 0 unspecified atom stereocenters. The number of likely N-dealkylation sites (N-methyl/N-ethyl adjacent to an activating group) is 1. The molecule has 1 aromatic rings. The SMILES string of the molecule is CN1CCCN(c2ccc(C#N)c(F)c2)CC1. The molecule has 0 N–H and O–H groups in total. The quantitative estimate of drug-likeness (QED) is 0.741. The van der Waals surface area contributed by atoms with Crippen molar-refractivity contribution in [3.63, 3.8) is 0 Å². The van der Waals surface area contributed by atoms with Gasteiger partial charge in [-0.05, 0) is 38.2 Å². The third kappa shape index (κ3) is 2.75. The highest BCUT2D eigenvalue weighted by Gasteiger charge is 2.13. The molecule has 0 atom stereocenters. The van der Waals surface area contributed by atoms with Crippen LogP contribution in [0.3, 0.4) is 0 Å². The zero-order valence-electron chi connectivity index (χ0n) is 9.99. The summed E-state index contributed by atoms with van der Waals surface area (Å²) in [5.41, 5.74) is 0.984. The van der Waals surface area contributed by atoms with Gasteiger partial charge in [0.15, 0.2) is 0 Å². The fourth-order valence-electron chi connectivity index (χ4n) is 2.10. The number of nitrogens with zero attached hydrogens (tertiary/aromatic N) is 3. The molecule has 4 heteroatoms. The first kappa shape index (κ1) is 11.9. The molecule has 1 fully saturated rings. The maximum atomic E-state index is 13.5. The zero-order chi connectivity index (χ0) is 12.3. The summed E-state index contributed by atoms with van der Waals surface area (Å²) in [7, 11) is 2.10. The van der Waals surface area contributed by atoms with Crippen molar-refractivity contribution in [1.82, 2.24) is 4.90 Å². The predicted molar refractivity (Wildman–Crippen MR) is 65.4 cm³/mol. The Labute approximate surface area is 101 Å². The molecule has 0 saturated carbocycles.